The number of carbonyl (C=O) groups is 2. The van der Waals surface area contributed by atoms with E-state index in [-0.39, 0.29) is 24.0 Å². The molecular formula is C14H15FN2O4. The van der Waals surface area contributed by atoms with Crippen LogP contribution in [-0.2, 0) is 20.8 Å². The molecule has 0 radical (unpaired) electrons. The number of carboxylic acids is 1. The maximum Gasteiger partial charge on any atom is 0.353 e. The molecule has 6 nitrogen and oxygen atoms in total. The molecule has 112 valence electrons. The molecule has 2 N–H and O–H groups in total. The number of nitrogens with zero attached hydrogens (tertiary/aromatic N) is 1. The largest absolute Gasteiger partial charge is 0.477 e. The Hall–Kier alpha value is -2.44. The Bertz CT molecular complexity index is 571. The van der Waals surface area contributed by atoms with Crippen LogP contribution in [0.5, 0.6) is 0 Å². The Balaban J connectivity index is 1.83. The van der Waals surface area contributed by atoms with Crippen LogP contribution in [0, 0.1) is 5.82 Å². The van der Waals surface area contributed by atoms with E-state index >= 15 is 0 Å². The number of oxime groups is 1. The summed E-state index contributed by atoms with van der Waals surface area (Å²) in [6.07, 6.45) is -0.428. The number of rotatable bonds is 5. The van der Waals surface area contributed by atoms with Crippen molar-refractivity contribution in [3.8, 4) is 0 Å². The molecule has 0 fully saturated rings. The molecule has 0 aliphatic carbocycles. The molecule has 1 aliphatic rings. The number of benzene rings is 1. The molecule has 1 aromatic carbocycles. The first-order valence-electron chi connectivity index (χ1n) is 6.46. The lowest BCUT2D eigenvalue weighted by molar-refractivity contribution is -0.131. The van der Waals surface area contributed by atoms with Gasteiger partial charge in [0.1, 0.15) is 5.82 Å². The maximum absolute atomic E-state index is 12.8. The summed E-state index contributed by atoms with van der Waals surface area (Å²) in [6.45, 7) is 1.80. The molecule has 1 aromatic rings. The first-order chi connectivity index (χ1) is 9.95. The lowest BCUT2D eigenvalue weighted by Crippen LogP contribution is -2.41. The van der Waals surface area contributed by atoms with Gasteiger partial charge in [0, 0.05) is 12.5 Å². The molecular weight excluding hydrogens is 279 g/mol. The molecule has 2 rings (SSSR count). The van der Waals surface area contributed by atoms with Crippen LogP contribution in [0.4, 0.5) is 4.39 Å². The molecule has 1 amide bonds. The Morgan fingerprint density at radius 2 is 2.14 bits per heavy atom. The van der Waals surface area contributed by atoms with E-state index in [4.69, 9.17) is 9.94 Å². The zero-order chi connectivity index (χ0) is 15.4. The monoisotopic (exact) mass is 294 g/mol. The lowest BCUT2D eigenvalue weighted by atomic mass is 10.1. The third kappa shape index (κ3) is 4.01. The number of hydrogen-bond acceptors (Lipinski definition) is 4. The minimum Gasteiger partial charge on any atom is -0.477 e. The second kappa shape index (κ2) is 6.34. The van der Waals surface area contributed by atoms with E-state index in [0.717, 1.165) is 5.56 Å². The number of nitrogens with one attached hydrogen (secondary N) is 1. The van der Waals surface area contributed by atoms with Gasteiger partial charge in [-0.25, -0.2) is 9.18 Å². The van der Waals surface area contributed by atoms with Crippen LogP contribution in [0.2, 0.25) is 0 Å². The van der Waals surface area contributed by atoms with Gasteiger partial charge in [-0.1, -0.05) is 17.3 Å². The van der Waals surface area contributed by atoms with Gasteiger partial charge in [-0.05, 0) is 31.0 Å². The molecule has 0 spiro atoms. The third-order valence-electron chi connectivity index (χ3n) is 3.05. The van der Waals surface area contributed by atoms with E-state index in [9.17, 15) is 14.0 Å². The zero-order valence-electron chi connectivity index (χ0n) is 11.4. The smallest absolute Gasteiger partial charge is 0.353 e. The van der Waals surface area contributed by atoms with E-state index in [1.807, 2.05) is 0 Å². The van der Waals surface area contributed by atoms with Crippen LogP contribution in [0.25, 0.3) is 0 Å². The first kappa shape index (κ1) is 15.0. The van der Waals surface area contributed by atoms with Crippen molar-refractivity contribution in [1.29, 1.82) is 0 Å². The highest BCUT2D eigenvalue weighted by atomic mass is 19.1. The van der Waals surface area contributed by atoms with Gasteiger partial charge in [0.15, 0.2) is 5.71 Å². The van der Waals surface area contributed by atoms with E-state index in [1.165, 1.54) is 12.1 Å². The van der Waals surface area contributed by atoms with Crippen LogP contribution in [-0.4, -0.2) is 34.8 Å². The lowest BCUT2D eigenvalue weighted by Gasteiger charge is -2.16. The molecule has 1 aliphatic heterocycles. The van der Waals surface area contributed by atoms with E-state index in [1.54, 1.807) is 19.1 Å². The number of carboxylic acid groups (broad SMARTS) is 1. The minimum atomic E-state index is -1.19. The van der Waals surface area contributed by atoms with Gasteiger partial charge < -0.3 is 15.3 Å². The highest BCUT2D eigenvalue weighted by Crippen LogP contribution is 2.12. The second-order valence-electron chi connectivity index (χ2n) is 4.88. The highest BCUT2D eigenvalue weighted by Gasteiger charge is 2.31. The molecule has 2 atom stereocenters. The van der Waals surface area contributed by atoms with Crippen molar-refractivity contribution in [3.05, 3.63) is 35.6 Å². The van der Waals surface area contributed by atoms with Gasteiger partial charge in [-0.3, -0.25) is 4.79 Å². The predicted octanol–water partition coefficient (Wildman–Crippen LogP) is 1.10. The molecule has 21 heavy (non-hydrogen) atoms. The van der Waals surface area contributed by atoms with Crippen LogP contribution in [0.15, 0.2) is 29.4 Å². The van der Waals surface area contributed by atoms with Crippen LogP contribution in [0.1, 0.15) is 18.9 Å². The quantitative estimate of drug-likeness (QED) is 0.851. The number of amides is 1. The normalized spacial score (nSPS) is 18.6. The van der Waals surface area contributed by atoms with Crippen LogP contribution < -0.4 is 5.32 Å². The standard InChI is InChI=1S/C14H15FN2O4/c1-8(6-9-2-4-10(15)5-3-9)16-13(18)12-7-11(14(19)20)17-21-12/h2-5,8,12H,6-7H2,1H3,(H,16,18)(H,19,20). The van der Waals surface area contributed by atoms with Crippen LogP contribution >= 0.6 is 0 Å². The Kier molecular flexibility index (Phi) is 4.52. The van der Waals surface area contributed by atoms with E-state index in [0.29, 0.717) is 6.42 Å². The molecule has 0 saturated heterocycles. The van der Waals surface area contributed by atoms with Crippen molar-refractivity contribution in [2.45, 2.75) is 31.9 Å². The second-order valence-corrected chi connectivity index (χ2v) is 4.88. The molecule has 0 aromatic heterocycles. The van der Waals surface area contributed by atoms with Crippen molar-refractivity contribution in [2.75, 3.05) is 0 Å². The molecule has 0 bridgehead atoms. The number of carbonyl (C=O) groups excluding carboxylic acids is 1. The van der Waals surface area contributed by atoms with Crippen LogP contribution in [0.3, 0.4) is 0 Å². The molecule has 7 heteroatoms. The summed E-state index contributed by atoms with van der Waals surface area (Å²) in [5.41, 5.74) is 0.723. The van der Waals surface area contributed by atoms with E-state index < -0.39 is 18.0 Å². The van der Waals surface area contributed by atoms with Crippen molar-refractivity contribution >= 4 is 17.6 Å². The summed E-state index contributed by atoms with van der Waals surface area (Å²) in [5, 5.41) is 14.8. The number of hydrogen-bond donors (Lipinski definition) is 2. The summed E-state index contributed by atoms with van der Waals surface area (Å²) in [5.74, 6) is -1.91. The topological polar surface area (TPSA) is 88.0 Å². The molecule has 1 heterocycles. The van der Waals surface area contributed by atoms with Gasteiger partial charge in [-0.2, -0.15) is 0 Å². The Morgan fingerprint density at radius 3 is 2.71 bits per heavy atom. The zero-order valence-corrected chi connectivity index (χ0v) is 11.4. The van der Waals surface area contributed by atoms with Crippen molar-refractivity contribution in [1.82, 2.24) is 5.32 Å². The average molecular weight is 294 g/mol. The van der Waals surface area contributed by atoms with Crippen molar-refractivity contribution in [2.24, 2.45) is 5.16 Å². The minimum absolute atomic E-state index is 0.0512. The Labute approximate surface area is 120 Å². The fourth-order valence-corrected chi connectivity index (χ4v) is 2.01. The van der Waals surface area contributed by atoms with Gasteiger partial charge >= 0.3 is 5.97 Å². The number of halogens is 1. The van der Waals surface area contributed by atoms with E-state index in [2.05, 4.69) is 10.5 Å². The summed E-state index contributed by atoms with van der Waals surface area (Å²) >= 11 is 0. The maximum atomic E-state index is 12.8. The number of aliphatic carboxylic acids is 1. The van der Waals surface area contributed by atoms with Gasteiger partial charge in [0.05, 0.1) is 0 Å². The van der Waals surface area contributed by atoms with Gasteiger partial charge in [0.25, 0.3) is 5.91 Å². The third-order valence-corrected chi connectivity index (χ3v) is 3.05. The summed E-state index contributed by atoms with van der Waals surface area (Å²) in [7, 11) is 0. The highest BCUT2D eigenvalue weighted by molar-refractivity contribution is 6.36. The SMILES string of the molecule is CC(Cc1ccc(F)cc1)NC(=O)C1CC(C(=O)O)=NO1. The Morgan fingerprint density at radius 1 is 1.48 bits per heavy atom. The summed E-state index contributed by atoms with van der Waals surface area (Å²) in [6, 6.07) is 5.82. The first-order valence-corrected chi connectivity index (χ1v) is 6.46. The summed E-state index contributed by atoms with van der Waals surface area (Å²) < 4.78 is 12.8. The predicted molar refractivity (Wildman–Crippen MR) is 72.3 cm³/mol. The van der Waals surface area contributed by atoms with Gasteiger partial charge in [-0.15, -0.1) is 0 Å². The van der Waals surface area contributed by atoms with Gasteiger partial charge in [0.2, 0.25) is 6.10 Å². The van der Waals surface area contributed by atoms with Crippen molar-refractivity contribution < 1.29 is 23.9 Å². The average Bonchev–Trinajstić information content (AvgIpc) is 2.91. The summed E-state index contributed by atoms with van der Waals surface area (Å²) in [4.78, 5) is 27.4. The molecule has 0 saturated carbocycles. The van der Waals surface area contributed by atoms with Crippen molar-refractivity contribution in [3.63, 3.8) is 0 Å². The fraction of sp³-hybridized carbons (Fsp3) is 0.357. The molecule has 2 unspecified atom stereocenters. The fourth-order valence-electron chi connectivity index (χ4n) is 2.01.